The highest BCUT2D eigenvalue weighted by Crippen LogP contribution is 2.64. The second kappa shape index (κ2) is 6.82. The molecule has 3 aliphatic rings. The molecular weight excluding hydrogens is 304 g/mol. The van der Waals surface area contributed by atoms with Crippen LogP contribution >= 0.6 is 0 Å². The summed E-state index contributed by atoms with van der Waals surface area (Å²) in [6.07, 6.45) is 12.8. The summed E-state index contributed by atoms with van der Waals surface area (Å²) in [5.74, 6) is 2.74. The maximum Gasteiger partial charge on any atom is 0.116 e. The summed E-state index contributed by atoms with van der Waals surface area (Å²) in [4.78, 5) is 0. The molecule has 0 aromatic heterocycles. The zero-order valence-corrected chi connectivity index (χ0v) is 16.8. The third-order valence-corrected chi connectivity index (χ3v) is 7.87. The van der Waals surface area contributed by atoms with Crippen molar-refractivity contribution in [3.63, 3.8) is 0 Å². The Labute approximate surface area is 154 Å². The van der Waals surface area contributed by atoms with Gasteiger partial charge in [0.1, 0.15) is 5.75 Å². The number of unbranched alkanes of at least 4 members (excludes halogenated alkanes) is 1. The molecule has 0 amide bonds. The molecule has 2 saturated carbocycles. The van der Waals surface area contributed by atoms with Gasteiger partial charge in [0.25, 0.3) is 0 Å². The zero-order chi connectivity index (χ0) is 18.2. The Balaban J connectivity index is 0.000000415. The van der Waals surface area contributed by atoms with Gasteiger partial charge in [0.15, 0.2) is 0 Å². The number of rotatable bonds is 1. The molecule has 138 valence electrons. The molecule has 3 aliphatic carbocycles. The first-order valence-corrected chi connectivity index (χ1v) is 10.4. The fraction of sp³-hybridized carbons (Fsp3) is 0.667. The van der Waals surface area contributed by atoms with Gasteiger partial charge in [-0.25, -0.2) is 0 Å². The molecular formula is C24H36O. The largest absolute Gasteiger partial charge is 0.508 e. The Morgan fingerprint density at radius 2 is 1.80 bits per heavy atom. The van der Waals surface area contributed by atoms with Gasteiger partial charge in [0.2, 0.25) is 0 Å². The molecule has 0 heterocycles. The lowest BCUT2D eigenvalue weighted by Crippen LogP contribution is -2.48. The Bertz CT molecular complexity index is 643. The average Bonchev–Trinajstić information content (AvgIpc) is 2.90. The van der Waals surface area contributed by atoms with E-state index in [4.69, 9.17) is 0 Å². The van der Waals surface area contributed by atoms with Crippen LogP contribution in [0.2, 0.25) is 0 Å². The minimum absolute atomic E-state index is 0.256. The van der Waals surface area contributed by atoms with E-state index in [1.54, 1.807) is 0 Å². The van der Waals surface area contributed by atoms with E-state index in [2.05, 4.69) is 52.8 Å². The minimum atomic E-state index is 0.256. The summed E-state index contributed by atoms with van der Waals surface area (Å²) in [6, 6.07) is 5.96. The molecule has 1 heteroatoms. The smallest absolute Gasteiger partial charge is 0.116 e. The molecule has 0 bridgehead atoms. The van der Waals surface area contributed by atoms with E-state index in [0.29, 0.717) is 17.1 Å². The number of aromatic hydroxyl groups is 1. The van der Waals surface area contributed by atoms with Crippen LogP contribution in [-0.2, 0) is 5.41 Å². The average molecular weight is 341 g/mol. The lowest BCUT2D eigenvalue weighted by atomic mass is 9.50. The minimum Gasteiger partial charge on any atom is -0.508 e. The SMILES string of the molecule is CC1CCC2C3C=Cc4cc(O)ccc4[C@@]3(C)CCC12C.CCCC. The lowest BCUT2D eigenvalue weighted by molar-refractivity contribution is 0.0256. The van der Waals surface area contributed by atoms with Crippen molar-refractivity contribution in [1.82, 2.24) is 0 Å². The van der Waals surface area contributed by atoms with Gasteiger partial charge in [-0.3, -0.25) is 0 Å². The summed E-state index contributed by atoms with van der Waals surface area (Å²) >= 11 is 0. The number of phenols is 1. The van der Waals surface area contributed by atoms with Crippen LogP contribution in [0.5, 0.6) is 5.75 Å². The summed E-state index contributed by atoms with van der Waals surface area (Å²) in [6.45, 7) is 11.8. The first-order valence-electron chi connectivity index (χ1n) is 10.4. The van der Waals surface area contributed by atoms with E-state index in [1.807, 2.05) is 12.1 Å². The van der Waals surface area contributed by atoms with E-state index in [0.717, 1.165) is 11.8 Å². The number of phenolic OH excluding ortho intramolecular Hbond substituents is 1. The Kier molecular flexibility index (Phi) is 5.06. The quantitative estimate of drug-likeness (QED) is 0.586. The molecule has 0 spiro atoms. The first kappa shape index (κ1) is 18.5. The van der Waals surface area contributed by atoms with Crippen LogP contribution in [0.15, 0.2) is 24.3 Å². The number of allylic oxidation sites excluding steroid dienone is 1. The van der Waals surface area contributed by atoms with E-state index < -0.39 is 0 Å². The predicted molar refractivity (Wildman–Crippen MR) is 108 cm³/mol. The predicted octanol–water partition coefficient (Wildman–Crippen LogP) is 6.95. The normalized spacial score (nSPS) is 38.2. The molecule has 4 unspecified atom stereocenters. The number of hydrogen-bond donors (Lipinski definition) is 1. The summed E-state index contributed by atoms with van der Waals surface area (Å²) in [5, 5.41) is 9.76. The molecule has 1 aromatic carbocycles. The molecule has 1 nitrogen and oxygen atoms in total. The van der Waals surface area contributed by atoms with Gasteiger partial charge in [0, 0.05) is 0 Å². The lowest BCUT2D eigenvalue weighted by Gasteiger charge is -2.54. The third kappa shape index (κ3) is 2.94. The van der Waals surface area contributed by atoms with Crippen LogP contribution in [0.4, 0.5) is 0 Å². The van der Waals surface area contributed by atoms with E-state index >= 15 is 0 Å². The van der Waals surface area contributed by atoms with Crippen molar-refractivity contribution < 1.29 is 5.11 Å². The fourth-order valence-corrected chi connectivity index (χ4v) is 5.69. The Hall–Kier alpha value is -1.24. The third-order valence-electron chi connectivity index (χ3n) is 7.87. The van der Waals surface area contributed by atoms with Crippen LogP contribution in [0.3, 0.4) is 0 Å². The molecule has 0 radical (unpaired) electrons. The van der Waals surface area contributed by atoms with Crippen molar-refractivity contribution in [2.24, 2.45) is 23.2 Å². The Morgan fingerprint density at radius 1 is 1.08 bits per heavy atom. The highest BCUT2D eigenvalue weighted by molar-refractivity contribution is 5.62. The van der Waals surface area contributed by atoms with Gasteiger partial charge in [-0.05, 0) is 77.5 Å². The van der Waals surface area contributed by atoms with Crippen LogP contribution < -0.4 is 0 Å². The van der Waals surface area contributed by atoms with Gasteiger partial charge in [0.05, 0.1) is 0 Å². The van der Waals surface area contributed by atoms with Crippen LogP contribution in [0.25, 0.3) is 6.08 Å². The summed E-state index contributed by atoms with van der Waals surface area (Å²) in [5.41, 5.74) is 3.47. The monoisotopic (exact) mass is 340 g/mol. The number of benzene rings is 1. The standard InChI is InChI=1S/C20H26O.C4H10/c1-13-4-7-17-18-8-5-14-12-15(21)6-9-16(14)20(18,3)11-10-19(13,17)2;1-3-4-2/h5-6,8-9,12-13,17-18,21H,4,7,10-11H2,1-3H3;3-4H2,1-2H3/t13?,17?,18?,19?,20-;/m1./s1. The Morgan fingerprint density at radius 3 is 2.48 bits per heavy atom. The molecule has 0 saturated heterocycles. The van der Waals surface area contributed by atoms with Crippen molar-refractivity contribution in [2.45, 2.75) is 78.6 Å². The highest BCUT2D eigenvalue weighted by Gasteiger charge is 2.56. The van der Waals surface area contributed by atoms with Gasteiger partial charge in [-0.2, -0.15) is 0 Å². The van der Waals surface area contributed by atoms with Crippen molar-refractivity contribution in [2.75, 3.05) is 0 Å². The molecule has 2 fully saturated rings. The molecule has 1 aromatic rings. The van der Waals surface area contributed by atoms with Crippen molar-refractivity contribution in [3.05, 3.63) is 35.4 Å². The summed E-state index contributed by atoms with van der Waals surface area (Å²) < 4.78 is 0. The molecule has 4 rings (SSSR count). The second-order valence-electron chi connectivity index (χ2n) is 9.16. The maximum absolute atomic E-state index is 9.76. The topological polar surface area (TPSA) is 20.2 Å². The second-order valence-corrected chi connectivity index (χ2v) is 9.16. The van der Waals surface area contributed by atoms with Gasteiger partial charge in [-0.1, -0.05) is 65.7 Å². The molecule has 0 aliphatic heterocycles. The number of fused-ring (bicyclic) bond motifs is 5. The van der Waals surface area contributed by atoms with Crippen LogP contribution in [0, 0.1) is 23.2 Å². The van der Waals surface area contributed by atoms with E-state index in [1.165, 1.54) is 49.7 Å². The van der Waals surface area contributed by atoms with Crippen LogP contribution in [0.1, 0.15) is 84.3 Å². The van der Waals surface area contributed by atoms with Crippen LogP contribution in [-0.4, -0.2) is 5.11 Å². The highest BCUT2D eigenvalue weighted by atomic mass is 16.3. The van der Waals surface area contributed by atoms with Crippen molar-refractivity contribution in [3.8, 4) is 5.75 Å². The van der Waals surface area contributed by atoms with E-state index in [-0.39, 0.29) is 5.41 Å². The maximum atomic E-state index is 9.76. The van der Waals surface area contributed by atoms with E-state index in [9.17, 15) is 5.11 Å². The fourth-order valence-electron chi connectivity index (χ4n) is 5.69. The summed E-state index contributed by atoms with van der Waals surface area (Å²) in [7, 11) is 0. The van der Waals surface area contributed by atoms with Crippen molar-refractivity contribution in [1.29, 1.82) is 0 Å². The molecule has 25 heavy (non-hydrogen) atoms. The van der Waals surface area contributed by atoms with Gasteiger partial charge >= 0.3 is 0 Å². The van der Waals surface area contributed by atoms with Gasteiger partial charge in [-0.15, -0.1) is 0 Å². The molecule has 5 atom stereocenters. The first-order chi connectivity index (χ1) is 11.9. The van der Waals surface area contributed by atoms with Gasteiger partial charge < -0.3 is 5.11 Å². The zero-order valence-electron chi connectivity index (χ0n) is 16.8. The van der Waals surface area contributed by atoms with Crippen molar-refractivity contribution >= 4 is 6.08 Å². The number of hydrogen-bond acceptors (Lipinski definition) is 1. The molecule has 1 N–H and O–H groups in total.